The van der Waals surface area contributed by atoms with Crippen molar-refractivity contribution in [3.05, 3.63) is 146 Å². The molecule has 190 valence electrons. The van der Waals surface area contributed by atoms with Gasteiger partial charge in [0.05, 0.1) is 0 Å². The van der Waals surface area contributed by atoms with Crippen LogP contribution in [0.1, 0.15) is 0 Å². The molecule has 0 saturated carbocycles. The summed E-state index contributed by atoms with van der Waals surface area (Å²) in [5.74, 6) is 0. The molecule has 0 saturated heterocycles. The quantitative estimate of drug-likeness (QED) is 0.198. The maximum atomic E-state index is 2.36. The van der Waals surface area contributed by atoms with Crippen LogP contribution < -0.4 is 0 Å². The second kappa shape index (κ2) is 8.83. The predicted octanol–water partition coefficient (Wildman–Crippen LogP) is 11.8. The van der Waals surface area contributed by atoms with Gasteiger partial charge in [0, 0.05) is 15.2 Å². The molecule has 0 nitrogen and oxygen atoms in total. The largest absolute Gasteiger partial charge is 0.0888 e. The Hall–Kier alpha value is -4.85. The molecule has 8 aromatic carbocycles. The molecule has 0 bridgehead atoms. The van der Waals surface area contributed by atoms with Gasteiger partial charge in [-0.1, -0.05) is 139 Å². The van der Waals surface area contributed by atoms with E-state index in [0.717, 1.165) is 0 Å². The molecule has 0 unspecified atom stereocenters. The fraction of sp³-hybridized carbons (Fsp3) is 0. The molecule has 0 fully saturated rings. The highest BCUT2D eigenvalue weighted by molar-refractivity contribution is 7.99. The van der Waals surface area contributed by atoms with Crippen molar-refractivity contribution in [3.63, 3.8) is 0 Å². The summed E-state index contributed by atoms with van der Waals surface area (Å²) in [6.07, 6.45) is 0. The molecule has 9 rings (SSSR count). The summed E-state index contributed by atoms with van der Waals surface area (Å²) in [6.45, 7) is 0. The van der Waals surface area contributed by atoms with Crippen LogP contribution in [0.5, 0.6) is 0 Å². The summed E-state index contributed by atoms with van der Waals surface area (Å²) in [5, 5.41) is 10.3. The smallest absolute Gasteiger partial charge is 0.0207 e. The van der Waals surface area contributed by atoms with Gasteiger partial charge in [-0.2, -0.15) is 0 Å². The van der Waals surface area contributed by atoms with Crippen molar-refractivity contribution in [1.82, 2.24) is 0 Å². The average Bonchev–Trinajstić information content (AvgIpc) is 3.04. The van der Waals surface area contributed by atoms with Gasteiger partial charge in [0.1, 0.15) is 0 Å². The highest BCUT2D eigenvalue weighted by Crippen LogP contribution is 2.53. The lowest BCUT2D eigenvalue weighted by Crippen LogP contribution is -1.97. The molecule has 1 heterocycles. The van der Waals surface area contributed by atoms with Crippen molar-refractivity contribution >= 4 is 54.9 Å². The standard InChI is InChI=1S/C40H24S/c1-2-11-27-24-28(21-20-25(27)10-1)37-29-13-3-5-15-31(29)39(32-16-6-4-14-30(32)37)34-23-22-26-12-9-19-36-38(26)40(34)33-17-7-8-18-35(33)41-36/h1-24H. The van der Waals surface area contributed by atoms with Gasteiger partial charge in [-0.25, -0.2) is 0 Å². The van der Waals surface area contributed by atoms with E-state index in [2.05, 4.69) is 146 Å². The van der Waals surface area contributed by atoms with Crippen molar-refractivity contribution in [3.8, 4) is 33.4 Å². The first kappa shape index (κ1) is 22.9. The van der Waals surface area contributed by atoms with E-state index in [1.807, 2.05) is 11.8 Å². The van der Waals surface area contributed by atoms with Crippen molar-refractivity contribution in [2.75, 3.05) is 0 Å². The Balaban J connectivity index is 1.45. The molecular formula is C40H24S. The van der Waals surface area contributed by atoms with Crippen molar-refractivity contribution < 1.29 is 0 Å². The Bertz CT molecular complexity index is 2290. The zero-order chi connectivity index (χ0) is 26.9. The van der Waals surface area contributed by atoms with Crippen LogP contribution in [0.4, 0.5) is 0 Å². The first-order valence-corrected chi connectivity index (χ1v) is 14.9. The van der Waals surface area contributed by atoms with Crippen LogP contribution in [0.15, 0.2) is 155 Å². The topological polar surface area (TPSA) is 0 Å². The number of hydrogen-bond acceptors (Lipinski definition) is 1. The van der Waals surface area contributed by atoms with Crippen molar-refractivity contribution in [2.45, 2.75) is 9.79 Å². The van der Waals surface area contributed by atoms with Crippen LogP contribution in [0.3, 0.4) is 0 Å². The van der Waals surface area contributed by atoms with Gasteiger partial charge < -0.3 is 0 Å². The van der Waals surface area contributed by atoms with Crippen LogP contribution in [0, 0.1) is 0 Å². The molecule has 0 spiro atoms. The van der Waals surface area contributed by atoms with Crippen LogP contribution in [-0.4, -0.2) is 0 Å². The summed E-state index contributed by atoms with van der Waals surface area (Å²) < 4.78 is 0. The van der Waals surface area contributed by atoms with E-state index in [1.54, 1.807) is 0 Å². The Labute approximate surface area is 242 Å². The molecular weight excluding hydrogens is 513 g/mol. The number of benzene rings is 8. The van der Waals surface area contributed by atoms with Crippen LogP contribution in [-0.2, 0) is 0 Å². The fourth-order valence-corrected chi connectivity index (χ4v) is 8.01. The van der Waals surface area contributed by atoms with Gasteiger partial charge in [-0.05, 0) is 89.3 Å². The lowest BCUT2D eigenvalue weighted by molar-refractivity contribution is 1.40. The van der Waals surface area contributed by atoms with E-state index < -0.39 is 0 Å². The minimum absolute atomic E-state index is 1.26. The number of fused-ring (bicyclic) bond motifs is 5. The molecule has 41 heavy (non-hydrogen) atoms. The SMILES string of the molecule is c1ccc2c(c1)Sc1cccc3ccc(-c4c5ccccc5c(-c5ccc6ccccc6c5)c5ccccc45)c-2c13. The molecule has 1 aliphatic rings. The Morgan fingerprint density at radius 1 is 0.341 bits per heavy atom. The minimum atomic E-state index is 1.26. The van der Waals surface area contributed by atoms with Crippen LogP contribution >= 0.6 is 11.8 Å². The fourth-order valence-electron chi connectivity index (χ4n) is 6.87. The maximum Gasteiger partial charge on any atom is 0.0207 e. The Kier molecular flexibility index (Phi) is 4.93. The first-order valence-electron chi connectivity index (χ1n) is 14.1. The maximum absolute atomic E-state index is 2.36. The summed E-state index contributed by atoms with van der Waals surface area (Å²) in [7, 11) is 0. The lowest BCUT2D eigenvalue weighted by Gasteiger charge is -2.25. The van der Waals surface area contributed by atoms with Crippen LogP contribution in [0.25, 0.3) is 76.5 Å². The summed E-state index contributed by atoms with van der Waals surface area (Å²) in [4.78, 5) is 2.65. The molecule has 0 radical (unpaired) electrons. The average molecular weight is 537 g/mol. The molecule has 8 aromatic rings. The molecule has 0 aromatic heterocycles. The molecule has 0 aliphatic carbocycles. The third-order valence-electron chi connectivity index (χ3n) is 8.62. The van der Waals surface area contributed by atoms with Gasteiger partial charge >= 0.3 is 0 Å². The Morgan fingerprint density at radius 3 is 1.71 bits per heavy atom. The third-order valence-corrected chi connectivity index (χ3v) is 9.76. The second-order valence-electron chi connectivity index (χ2n) is 10.8. The molecule has 0 amide bonds. The van der Waals surface area contributed by atoms with E-state index in [4.69, 9.17) is 0 Å². The van der Waals surface area contributed by atoms with Gasteiger partial charge in [0.2, 0.25) is 0 Å². The predicted molar refractivity (Wildman–Crippen MR) is 177 cm³/mol. The molecule has 1 aliphatic heterocycles. The highest BCUT2D eigenvalue weighted by Gasteiger charge is 2.25. The van der Waals surface area contributed by atoms with E-state index in [0.29, 0.717) is 0 Å². The summed E-state index contributed by atoms with van der Waals surface area (Å²) >= 11 is 1.89. The zero-order valence-electron chi connectivity index (χ0n) is 22.3. The molecule has 0 N–H and O–H groups in total. The Morgan fingerprint density at radius 2 is 0.927 bits per heavy atom. The third kappa shape index (κ3) is 3.36. The van der Waals surface area contributed by atoms with Gasteiger partial charge in [0.15, 0.2) is 0 Å². The van der Waals surface area contributed by atoms with E-state index in [-0.39, 0.29) is 0 Å². The van der Waals surface area contributed by atoms with Gasteiger partial charge in [0.25, 0.3) is 0 Å². The first-order chi connectivity index (χ1) is 20.3. The summed E-state index contributed by atoms with van der Waals surface area (Å²) in [6, 6.07) is 53.8. The van der Waals surface area contributed by atoms with E-state index in [9.17, 15) is 0 Å². The monoisotopic (exact) mass is 536 g/mol. The lowest BCUT2D eigenvalue weighted by atomic mass is 9.82. The van der Waals surface area contributed by atoms with Crippen LogP contribution in [0.2, 0.25) is 0 Å². The summed E-state index contributed by atoms with van der Waals surface area (Å²) in [5.41, 5.74) is 7.84. The zero-order valence-corrected chi connectivity index (χ0v) is 23.1. The van der Waals surface area contributed by atoms with E-state index in [1.165, 1.54) is 86.3 Å². The number of rotatable bonds is 2. The van der Waals surface area contributed by atoms with Gasteiger partial charge in [-0.3, -0.25) is 0 Å². The number of hydrogen-bond donors (Lipinski definition) is 0. The van der Waals surface area contributed by atoms with Crippen molar-refractivity contribution in [1.29, 1.82) is 0 Å². The molecule has 0 atom stereocenters. The normalized spacial score (nSPS) is 12.3. The van der Waals surface area contributed by atoms with E-state index >= 15 is 0 Å². The second-order valence-corrected chi connectivity index (χ2v) is 11.9. The van der Waals surface area contributed by atoms with Gasteiger partial charge in [-0.15, -0.1) is 0 Å². The van der Waals surface area contributed by atoms with Crippen molar-refractivity contribution in [2.24, 2.45) is 0 Å². The highest BCUT2D eigenvalue weighted by atomic mass is 32.2. The molecule has 1 heteroatoms. The minimum Gasteiger partial charge on any atom is -0.0888 e.